The van der Waals surface area contributed by atoms with Crippen LogP contribution in [0.25, 0.3) is 21.2 Å². The molecule has 0 spiro atoms. The van der Waals surface area contributed by atoms with E-state index in [9.17, 15) is 9.90 Å². The van der Waals surface area contributed by atoms with E-state index in [0.717, 1.165) is 32.4 Å². The van der Waals surface area contributed by atoms with Gasteiger partial charge in [-0.05, 0) is 29.8 Å². The van der Waals surface area contributed by atoms with E-state index in [-0.39, 0.29) is 6.61 Å². The quantitative estimate of drug-likeness (QED) is 0.726. The van der Waals surface area contributed by atoms with E-state index < -0.39 is 0 Å². The van der Waals surface area contributed by atoms with Gasteiger partial charge in [-0.1, -0.05) is 18.2 Å². The molecule has 0 unspecified atom stereocenters. The largest absolute Gasteiger partial charge is 0.497 e. The molecule has 0 amide bonds. The number of benzene rings is 2. The number of fused-ring (bicyclic) bond motifs is 1. The average molecular weight is 312 g/mol. The van der Waals surface area contributed by atoms with Crippen LogP contribution in [-0.4, -0.2) is 25.1 Å². The molecule has 0 radical (unpaired) electrons. The van der Waals surface area contributed by atoms with Gasteiger partial charge in [0.05, 0.1) is 7.11 Å². The molecule has 0 fully saturated rings. The van der Waals surface area contributed by atoms with Crippen LogP contribution in [0.4, 0.5) is 0 Å². The SMILES string of the molecule is COc1ccc(C=O)c(-c2c(CCO)sc3ccccc23)c1. The maximum absolute atomic E-state index is 11.4. The van der Waals surface area contributed by atoms with E-state index in [1.54, 1.807) is 30.6 Å². The topological polar surface area (TPSA) is 46.5 Å². The third-order valence-corrected chi connectivity index (χ3v) is 4.89. The lowest BCUT2D eigenvalue weighted by Crippen LogP contribution is -1.94. The van der Waals surface area contributed by atoms with E-state index >= 15 is 0 Å². The van der Waals surface area contributed by atoms with E-state index in [1.807, 2.05) is 18.2 Å². The van der Waals surface area contributed by atoms with Crippen molar-refractivity contribution in [1.29, 1.82) is 0 Å². The number of aliphatic hydroxyl groups excluding tert-OH is 1. The normalized spacial score (nSPS) is 10.8. The van der Waals surface area contributed by atoms with Crippen LogP contribution in [0.5, 0.6) is 5.75 Å². The summed E-state index contributed by atoms with van der Waals surface area (Å²) in [5.41, 5.74) is 2.51. The van der Waals surface area contributed by atoms with Gasteiger partial charge in [-0.3, -0.25) is 4.79 Å². The van der Waals surface area contributed by atoms with Crippen molar-refractivity contribution >= 4 is 27.7 Å². The molecular formula is C18H16O3S. The monoisotopic (exact) mass is 312 g/mol. The van der Waals surface area contributed by atoms with E-state index in [2.05, 4.69) is 12.1 Å². The minimum Gasteiger partial charge on any atom is -0.497 e. The Kier molecular flexibility index (Phi) is 4.22. The first-order valence-electron chi connectivity index (χ1n) is 7.03. The Bertz CT molecular complexity index is 820. The number of carbonyl (C=O) groups is 1. The lowest BCUT2D eigenvalue weighted by atomic mass is 9.96. The first-order valence-corrected chi connectivity index (χ1v) is 7.85. The van der Waals surface area contributed by atoms with Crippen LogP contribution in [-0.2, 0) is 6.42 Å². The fraction of sp³-hybridized carbons (Fsp3) is 0.167. The molecule has 0 atom stereocenters. The number of rotatable bonds is 5. The molecule has 3 aromatic rings. The van der Waals surface area contributed by atoms with Crippen molar-refractivity contribution in [1.82, 2.24) is 0 Å². The molecule has 3 nitrogen and oxygen atoms in total. The van der Waals surface area contributed by atoms with Crippen molar-refractivity contribution < 1.29 is 14.6 Å². The van der Waals surface area contributed by atoms with E-state index in [1.165, 1.54) is 0 Å². The molecule has 0 bridgehead atoms. The zero-order valence-electron chi connectivity index (χ0n) is 12.2. The Balaban J connectivity index is 2.33. The van der Waals surface area contributed by atoms with E-state index in [0.29, 0.717) is 17.7 Å². The number of aliphatic hydroxyl groups is 1. The predicted molar refractivity (Wildman–Crippen MR) is 90.0 cm³/mol. The number of aldehydes is 1. The molecule has 2 aromatic carbocycles. The Hall–Kier alpha value is -2.17. The molecule has 0 aliphatic carbocycles. The van der Waals surface area contributed by atoms with Crippen molar-refractivity contribution in [3.63, 3.8) is 0 Å². The van der Waals surface area contributed by atoms with Gasteiger partial charge in [0.25, 0.3) is 0 Å². The van der Waals surface area contributed by atoms with E-state index in [4.69, 9.17) is 4.74 Å². The Labute approximate surface area is 132 Å². The fourth-order valence-corrected chi connectivity index (χ4v) is 3.86. The summed E-state index contributed by atoms with van der Waals surface area (Å²) in [6.07, 6.45) is 1.44. The molecule has 0 aliphatic heterocycles. The van der Waals surface area contributed by atoms with Gasteiger partial charge >= 0.3 is 0 Å². The third-order valence-electron chi connectivity index (χ3n) is 3.66. The number of methoxy groups -OCH3 is 1. The van der Waals surface area contributed by atoms with Crippen molar-refractivity contribution in [2.75, 3.05) is 13.7 Å². The molecule has 22 heavy (non-hydrogen) atoms. The minimum atomic E-state index is 0.0835. The molecule has 112 valence electrons. The van der Waals surface area contributed by atoms with Gasteiger partial charge < -0.3 is 9.84 Å². The summed E-state index contributed by atoms with van der Waals surface area (Å²) in [6, 6.07) is 13.5. The highest BCUT2D eigenvalue weighted by molar-refractivity contribution is 7.19. The summed E-state index contributed by atoms with van der Waals surface area (Å²) in [7, 11) is 1.61. The predicted octanol–water partition coefficient (Wildman–Crippen LogP) is 3.92. The zero-order chi connectivity index (χ0) is 15.5. The van der Waals surface area contributed by atoms with Gasteiger partial charge in [-0.25, -0.2) is 0 Å². The standard InChI is InChI=1S/C18H16O3S/c1-21-13-7-6-12(11-20)15(10-13)18-14-4-2-3-5-16(14)22-17(18)8-9-19/h2-7,10-11,19H,8-9H2,1H3. The summed E-state index contributed by atoms with van der Waals surface area (Å²) < 4.78 is 6.46. The van der Waals surface area contributed by atoms with Crippen LogP contribution in [0.2, 0.25) is 0 Å². The van der Waals surface area contributed by atoms with Crippen LogP contribution >= 0.6 is 11.3 Å². The summed E-state index contributed by atoms with van der Waals surface area (Å²) >= 11 is 1.66. The molecule has 0 saturated carbocycles. The van der Waals surface area contributed by atoms with Crippen molar-refractivity contribution in [2.24, 2.45) is 0 Å². The summed E-state index contributed by atoms with van der Waals surface area (Å²) in [4.78, 5) is 12.5. The summed E-state index contributed by atoms with van der Waals surface area (Å²) in [6.45, 7) is 0.0835. The van der Waals surface area contributed by atoms with Crippen molar-refractivity contribution in [3.8, 4) is 16.9 Å². The highest BCUT2D eigenvalue weighted by atomic mass is 32.1. The molecule has 1 heterocycles. The number of thiophene rings is 1. The number of ether oxygens (including phenoxy) is 1. The minimum absolute atomic E-state index is 0.0835. The lowest BCUT2D eigenvalue weighted by molar-refractivity contribution is 0.112. The first-order chi connectivity index (χ1) is 10.8. The second kappa shape index (κ2) is 6.30. The van der Waals surface area contributed by atoms with Crippen molar-refractivity contribution in [2.45, 2.75) is 6.42 Å². The molecular weight excluding hydrogens is 296 g/mol. The molecule has 4 heteroatoms. The number of carbonyl (C=O) groups excluding carboxylic acids is 1. The molecule has 0 aliphatic rings. The van der Waals surface area contributed by atoms with Gasteiger partial charge in [0.1, 0.15) is 5.75 Å². The molecule has 0 saturated heterocycles. The van der Waals surface area contributed by atoms with Gasteiger partial charge in [0.15, 0.2) is 6.29 Å². The smallest absolute Gasteiger partial charge is 0.150 e. The summed E-state index contributed by atoms with van der Waals surface area (Å²) in [5, 5.41) is 10.5. The zero-order valence-corrected chi connectivity index (χ0v) is 13.0. The number of hydrogen-bond acceptors (Lipinski definition) is 4. The Morgan fingerprint density at radius 2 is 2.05 bits per heavy atom. The van der Waals surface area contributed by atoms with Gasteiger partial charge in [0.2, 0.25) is 0 Å². The Morgan fingerprint density at radius 3 is 2.77 bits per heavy atom. The highest BCUT2D eigenvalue weighted by Crippen LogP contribution is 2.41. The van der Waals surface area contributed by atoms with Crippen LogP contribution in [0.3, 0.4) is 0 Å². The molecule has 1 aromatic heterocycles. The van der Waals surface area contributed by atoms with Gasteiger partial charge in [-0.2, -0.15) is 0 Å². The summed E-state index contributed by atoms with van der Waals surface area (Å²) in [5.74, 6) is 0.714. The second-order valence-corrected chi connectivity index (χ2v) is 6.08. The number of hydrogen-bond donors (Lipinski definition) is 1. The molecule has 1 N–H and O–H groups in total. The first kappa shape index (κ1) is 14.8. The van der Waals surface area contributed by atoms with Gasteiger partial charge in [0, 0.05) is 39.1 Å². The Morgan fingerprint density at radius 1 is 1.23 bits per heavy atom. The van der Waals surface area contributed by atoms with Crippen LogP contribution in [0.15, 0.2) is 42.5 Å². The maximum atomic E-state index is 11.4. The van der Waals surface area contributed by atoms with Crippen LogP contribution in [0, 0.1) is 0 Å². The van der Waals surface area contributed by atoms with Gasteiger partial charge in [-0.15, -0.1) is 11.3 Å². The van der Waals surface area contributed by atoms with Crippen molar-refractivity contribution in [3.05, 3.63) is 52.9 Å². The highest BCUT2D eigenvalue weighted by Gasteiger charge is 2.17. The average Bonchev–Trinajstić information content (AvgIpc) is 2.92. The second-order valence-electron chi connectivity index (χ2n) is 4.94. The molecule has 3 rings (SSSR count). The third kappa shape index (κ3) is 2.51. The van der Waals surface area contributed by atoms with Crippen LogP contribution in [0.1, 0.15) is 15.2 Å². The van der Waals surface area contributed by atoms with Crippen LogP contribution < -0.4 is 4.74 Å². The lowest BCUT2D eigenvalue weighted by Gasteiger charge is -2.09. The fourth-order valence-electron chi connectivity index (χ4n) is 2.65. The maximum Gasteiger partial charge on any atom is 0.150 e.